The number of carbonyl (C=O) groups is 1. The number of amides is 1. The van der Waals surface area contributed by atoms with Crippen LogP contribution >= 0.6 is 0 Å². The number of carbonyl (C=O) groups excluding carboxylic acids is 1. The molecule has 2 rings (SSSR count). The van der Waals surface area contributed by atoms with E-state index in [9.17, 15) is 19.2 Å². The Morgan fingerprint density at radius 1 is 1.21 bits per heavy atom. The highest BCUT2D eigenvalue weighted by Gasteiger charge is 2.26. The molecule has 1 saturated heterocycles. The molecule has 0 atom stereocenters. The Morgan fingerprint density at radius 2 is 1.83 bits per heavy atom. The summed E-state index contributed by atoms with van der Waals surface area (Å²) in [6, 6.07) is 4.06. The summed E-state index contributed by atoms with van der Waals surface area (Å²) in [6.07, 6.45) is -0.321. The smallest absolute Gasteiger partial charge is 0.444 e. The van der Waals surface area contributed by atoms with Crippen LogP contribution in [0.4, 0.5) is 9.18 Å². The maximum atomic E-state index is 13.6. The maximum Gasteiger partial charge on any atom is 0.488 e. The Morgan fingerprint density at radius 3 is 2.38 bits per heavy atom. The molecule has 1 heterocycles. The van der Waals surface area contributed by atoms with E-state index in [4.69, 9.17) is 4.74 Å². The Bertz CT molecular complexity index is 584. The summed E-state index contributed by atoms with van der Waals surface area (Å²) in [5.41, 5.74) is 0.290. The summed E-state index contributed by atoms with van der Waals surface area (Å²) in [6.45, 7) is 8.35. The Kier molecular flexibility index (Phi) is 5.85. The van der Waals surface area contributed by atoms with Crippen LogP contribution in [0.2, 0.25) is 0 Å². The van der Waals surface area contributed by atoms with E-state index in [1.807, 2.05) is 20.8 Å². The highest BCUT2D eigenvalue weighted by Crippen LogP contribution is 2.13. The fraction of sp³-hybridized carbons (Fsp3) is 0.562. The largest absolute Gasteiger partial charge is 0.488 e. The summed E-state index contributed by atoms with van der Waals surface area (Å²) in [7, 11) is -1.69. The summed E-state index contributed by atoms with van der Waals surface area (Å²) >= 11 is 0. The lowest BCUT2D eigenvalue weighted by Gasteiger charge is -2.35. The third-order valence-corrected chi connectivity index (χ3v) is 3.71. The number of benzene rings is 1. The number of piperazine rings is 1. The van der Waals surface area contributed by atoms with Gasteiger partial charge >= 0.3 is 13.2 Å². The summed E-state index contributed by atoms with van der Waals surface area (Å²) in [5, 5.41) is 18.4. The van der Waals surface area contributed by atoms with E-state index in [-0.39, 0.29) is 11.6 Å². The molecule has 1 aliphatic rings. The fourth-order valence-corrected chi connectivity index (χ4v) is 2.59. The minimum atomic E-state index is -1.69. The standard InChI is InChI=1S/C16H24BFN2O4/c1-16(2,3)24-15(21)20-6-4-19(5-7-20)11-12-8-13(17(22)23)10-14(18)9-12/h8-10,22-23H,4-7,11H2,1-3H3. The zero-order chi connectivity index (χ0) is 17.9. The highest BCUT2D eigenvalue weighted by molar-refractivity contribution is 6.58. The van der Waals surface area contributed by atoms with Gasteiger partial charge in [0.1, 0.15) is 11.4 Å². The Hall–Kier alpha value is -1.64. The van der Waals surface area contributed by atoms with Crippen molar-refractivity contribution in [2.45, 2.75) is 32.9 Å². The van der Waals surface area contributed by atoms with E-state index in [0.717, 1.165) is 6.07 Å². The van der Waals surface area contributed by atoms with Gasteiger partial charge in [0.2, 0.25) is 0 Å². The van der Waals surface area contributed by atoms with E-state index >= 15 is 0 Å². The molecule has 6 nitrogen and oxygen atoms in total. The van der Waals surface area contributed by atoms with Gasteiger partial charge in [0.25, 0.3) is 0 Å². The average Bonchev–Trinajstić information content (AvgIpc) is 2.45. The van der Waals surface area contributed by atoms with Crippen molar-refractivity contribution in [2.75, 3.05) is 26.2 Å². The monoisotopic (exact) mass is 338 g/mol. The second-order valence-corrected chi connectivity index (χ2v) is 7.01. The molecule has 1 fully saturated rings. The summed E-state index contributed by atoms with van der Waals surface area (Å²) in [4.78, 5) is 15.8. The molecule has 0 saturated carbocycles. The normalized spacial score (nSPS) is 16.2. The van der Waals surface area contributed by atoms with Gasteiger partial charge < -0.3 is 19.7 Å². The Labute approximate surface area is 142 Å². The van der Waals surface area contributed by atoms with Crippen LogP contribution in [-0.4, -0.2) is 64.8 Å². The van der Waals surface area contributed by atoms with Crippen molar-refractivity contribution in [1.29, 1.82) is 0 Å². The molecule has 24 heavy (non-hydrogen) atoms. The molecule has 1 aromatic rings. The molecule has 0 spiro atoms. The molecule has 132 valence electrons. The zero-order valence-electron chi connectivity index (χ0n) is 14.3. The lowest BCUT2D eigenvalue weighted by atomic mass is 9.79. The van der Waals surface area contributed by atoms with Gasteiger partial charge in [-0.3, -0.25) is 4.90 Å². The van der Waals surface area contributed by atoms with Gasteiger partial charge in [0, 0.05) is 32.7 Å². The van der Waals surface area contributed by atoms with Gasteiger partial charge in [-0.1, -0.05) is 6.07 Å². The van der Waals surface area contributed by atoms with Gasteiger partial charge in [0.15, 0.2) is 0 Å². The highest BCUT2D eigenvalue weighted by atomic mass is 19.1. The molecule has 2 N–H and O–H groups in total. The van der Waals surface area contributed by atoms with Crippen LogP contribution in [0, 0.1) is 5.82 Å². The molecule has 1 aromatic carbocycles. The second kappa shape index (κ2) is 7.50. The van der Waals surface area contributed by atoms with Crippen molar-refractivity contribution in [1.82, 2.24) is 9.80 Å². The van der Waals surface area contributed by atoms with Crippen LogP contribution < -0.4 is 5.46 Å². The SMILES string of the molecule is CC(C)(C)OC(=O)N1CCN(Cc2cc(F)cc(B(O)O)c2)CC1. The van der Waals surface area contributed by atoms with E-state index in [1.54, 1.807) is 11.0 Å². The van der Waals surface area contributed by atoms with Crippen LogP contribution in [0.25, 0.3) is 0 Å². The predicted octanol–water partition coefficient (Wildman–Crippen LogP) is 0.558. The van der Waals surface area contributed by atoms with Gasteiger partial charge in [-0.2, -0.15) is 0 Å². The summed E-state index contributed by atoms with van der Waals surface area (Å²) in [5.74, 6) is -0.497. The number of hydrogen-bond donors (Lipinski definition) is 2. The number of ether oxygens (including phenoxy) is 1. The van der Waals surface area contributed by atoms with Crippen LogP contribution in [0.3, 0.4) is 0 Å². The first kappa shape index (κ1) is 18.7. The van der Waals surface area contributed by atoms with Crippen molar-refractivity contribution in [2.24, 2.45) is 0 Å². The van der Waals surface area contributed by atoms with Crippen LogP contribution in [0.15, 0.2) is 18.2 Å². The minimum Gasteiger partial charge on any atom is -0.444 e. The zero-order valence-corrected chi connectivity index (χ0v) is 14.3. The Balaban J connectivity index is 1.90. The molecule has 1 amide bonds. The first-order chi connectivity index (χ1) is 11.1. The van der Waals surface area contributed by atoms with Crippen molar-refractivity contribution >= 4 is 18.7 Å². The lowest BCUT2D eigenvalue weighted by Crippen LogP contribution is -2.49. The van der Waals surface area contributed by atoms with Crippen molar-refractivity contribution < 1.29 is 24.0 Å². The number of nitrogens with zero attached hydrogens (tertiary/aromatic N) is 2. The maximum absolute atomic E-state index is 13.6. The number of rotatable bonds is 3. The fourth-order valence-electron chi connectivity index (χ4n) is 2.59. The van der Waals surface area contributed by atoms with Gasteiger partial charge in [-0.25, -0.2) is 9.18 Å². The van der Waals surface area contributed by atoms with Gasteiger partial charge in [-0.15, -0.1) is 0 Å². The summed E-state index contributed by atoms with van der Waals surface area (Å²) < 4.78 is 18.9. The first-order valence-electron chi connectivity index (χ1n) is 8.00. The first-order valence-corrected chi connectivity index (χ1v) is 8.00. The number of hydrogen-bond acceptors (Lipinski definition) is 5. The van der Waals surface area contributed by atoms with Crippen molar-refractivity contribution in [3.05, 3.63) is 29.6 Å². The molecule has 8 heteroatoms. The molecule has 1 aliphatic heterocycles. The van der Waals surface area contributed by atoms with Crippen molar-refractivity contribution in [3.8, 4) is 0 Å². The van der Waals surface area contributed by atoms with E-state index in [1.165, 1.54) is 6.07 Å². The third-order valence-electron chi connectivity index (χ3n) is 3.71. The topological polar surface area (TPSA) is 73.2 Å². The van der Waals surface area contributed by atoms with E-state index in [2.05, 4.69) is 4.90 Å². The third kappa shape index (κ3) is 5.47. The molecule has 0 aromatic heterocycles. The van der Waals surface area contributed by atoms with Crippen LogP contribution in [0.1, 0.15) is 26.3 Å². The molecular formula is C16H24BFN2O4. The molecule has 0 radical (unpaired) electrons. The van der Waals surface area contributed by atoms with Gasteiger partial charge in [-0.05, 0) is 43.9 Å². The minimum absolute atomic E-state index is 0.136. The lowest BCUT2D eigenvalue weighted by molar-refractivity contribution is 0.0139. The molecular weight excluding hydrogens is 314 g/mol. The molecule has 0 aliphatic carbocycles. The average molecular weight is 338 g/mol. The van der Waals surface area contributed by atoms with Crippen LogP contribution in [-0.2, 0) is 11.3 Å². The second-order valence-electron chi connectivity index (χ2n) is 7.01. The van der Waals surface area contributed by atoms with Gasteiger partial charge in [0.05, 0.1) is 0 Å². The van der Waals surface area contributed by atoms with E-state index in [0.29, 0.717) is 38.3 Å². The van der Waals surface area contributed by atoms with Crippen LogP contribution in [0.5, 0.6) is 0 Å². The van der Waals surface area contributed by atoms with Crippen molar-refractivity contribution in [3.63, 3.8) is 0 Å². The quantitative estimate of drug-likeness (QED) is 0.788. The number of halogens is 1. The van der Waals surface area contributed by atoms with E-state index < -0.39 is 18.5 Å². The molecule has 0 unspecified atom stereocenters. The molecule has 0 bridgehead atoms. The predicted molar refractivity (Wildman–Crippen MR) is 89.3 cm³/mol.